The van der Waals surface area contributed by atoms with Crippen LogP contribution < -0.4 is 0 Å². The van der Waals surface area contributed by atoms with Gasteiger partial charge in [0, 0.05) is 24.7 Å². The summed E-state index contributed by atoms with van der Waals surface area (Å²) in [5.41, 5.74) is 1.44. The first kappa shape index (κ1) is 15.7. The second-order valence-corrected chi connectivity index (χ2v) is 4.84. The van der Waals surface area contributed by atoms with Crippen molar-refractivity contribution in [1.82, 2.24) is 4.90 Å². The van der Waals surface area contributed by atoms with E-state index in [1.165, 1.54) is 12.1 Å². The van der Waals surface area contributed by atoms with E-state index in [4.69, 9.17) is 0 Å². The maximum atomic E-state index is 13.7. The van der Waals surface area contributed by atoms with Crippen LogP contribution in [0.2, 0.25) is 0 Å². The molecule has 0 fully saturated rings. The number of carbonyl (C=O) groups is 1. The average Bonchev–Trinajstić information content (AvgIpc) is 2.55. The summed E-state index contributed by atoms with van der Waals surface area (Å²) in [6.45, 7) is 4.24. The number of hydrogen-bond donors (Lipinski definition) is 0. The molecule has 0 aromatic heterocycles. The highest BCUT2D eigenvalue weighted by molar-refractivity contribution is 5.91. The molecule has 0 N–H and O–H groups in total. The van der Waals surface area contributed by atoms with Crippen LogP contribution in [0.4, 0.5) is 4.39 Å². The first-order valence-corrected chi connectivity index (χ1v) is 7.07. The van der Waals surface area contributed by atoms with Crippen LogP contribution in [0, 0.1) is 5.82 Å². The molecule has 0 bridgehead atoms. The predicted molar refractivity (Wildman–Crippen MR) is 87.5 cm³/mol. The Morgan fingerprint density at radius 3 is 2.45 bits per heavy atom. The lowest BCUT2D eigenvalue weighted by atomic mass is 10.2. The SMILES string of the molecule is C=CCN(Cc1ccccc1F)C(=O)/C=C/c1ccccc1. The molecular formula is C19H18FNO. The molecule has 0 radical (unpaired) electrons. The Kier molecular flexibility index (Phi) is 5.66. The molecule has 0 unspecified atom stereocenters. The summed E-state index contributed by atoms with van der Waals surface area (Å²) < 4.78 is 13.7. The highest BCUT2D eigenvalue weighted by Crippen LogP contribution is 2.11. The van der Waals surface area contributed by atoms with Crippen molar-refractivity contribution in [3.63, 3.8) is 0 Å². The van der Waals surface area contributed by atoms with Gasteiger partial charge in [-0.1, -0.05) is 54.6 Å². The zero-order chi connectivity index (χ0) is 15.8. The Balaban J connectivity index is 2.10. The number of benzene rings is 2. The van der Waals surface area contributed by atoms with E-state index < -0.39 is 0 Å². The summed E-state index contributed by atoms with van der Waals surface area (Å²) >= 11 is 0. The van der Waals surface area contributed by atoms with Crippen LogP contribution in [0.3, 0.4) is 0 Å². The molecule has 0 heterocycles. The van der Waals surface area contributed by atoms with Gasteiger partial charge in [0.1, 0.15) is 5.82 Å². The first-order valence-electron chi connectivity index (χ1n) is 7.07. The molecule has 3 heteroatoms. The second kappa shape index (κ2) is 7.93. The molecule has 112 valence electrons. The van der Waals surface area contributed by atoms with Gasteiger partial charge in [-0.15, -0.1) is 6.58 Å². The Labute approximate surface area is 130 Å². The van der Waals surface area contributed by atoms with E-state index in [1.807, 2.05) is 30.3 Å². The van der Waals surface area contributed by atoms with Crippen molar-refractivity contribution < 1.29 is 9.18 Å². The van der Waals surface area contributed by atoms with Crippen LogP contribution in [0.5, 0.6) is 0 Å². The van der Waals surface area contributed by atoms with Gasteiger partial charge in [0.25, 0.3) is 0 Å². The Bertz CT molecular complexity index is 664. The van der Waals surface area contributed by atoms with Crippen LogP contribution in [0.1, 0.15) is 11.1 Å². The molecule has 2 rings (SSSR count). The molecule has 1 amide bonds. The maximum Gasteiger partial charge on any atom is 0.247 e. The van der Waals surface area contributed by atoms with Crippen molar-refractivity contribution in [3.8, 4) is 0 Å². The molecule has 2 nitrogen and oxygen atoms in total. The second-order valence-electron chi connectivity index (χ2n) is 4.84. The lowest BCUT2D eigenvalue weighted by Gasteiger charge is -2.19. The van der Waals surface area contributed by atoms with Crippen molar-refractivity contribution in [3.05, 3.63) is 90.3 Å². The van der Waals surface area contributed by atoms with Crippen LogP contribution >= 0.6 is 0 Å². The lowest BCUT2D eigenvalue weighted by molar-refractivity contribution is -0.126. The number of hydrogen-bond acceptors (Lipinski definition) is 1. The Morgan fingerprint density at radius 1 is 1.09 bits per heavy atom. The summed E-state index contributed by atoms with van der Waals surface area (Å²) in [5.74, 6) is -0.483. The first-order chi connectivity index (χ1) is 10.7. The molecule has 0 atom stereocenters. The van der Waals surface area contributed by atoms with Gasteiger partial charge in [-0.2, -0.15) is 0 Å². The number of amides is 1. The van der Waals surface area contributed by atoms with E-state index in [0.717, 1.165) is 5.56 Å². The normalized spacial score (nSPS) is 10.6. The predicted octanol–water partition coefficient (Wildman–Crippen LogP) is 4.05. The number of halogens is 1. The van der Waals surface area contributed by atoms with Crippen LogP contribution in [0.15, 0.2) is 73.3 Å². The molecule has 22 heavy (non-hydrogen) atoms. The van der Waals surface area contributed by atoms with Gasteiger partial charge in [-0.3, -0.25) is 4.79 Å². The monoisotopic (exact) mass is 295 g/mol. The maximum absolute atomic E-state index is 13.7. The van der Waals surface area contributed by atoms with Gasteiger partial charge >= 0.3 is 0 Å². The summed E-state index contributed by atoms with van der Waals surface area (Å²) in [6.07, 6.45) is 4.88. The minimum atomic E-state index is -0.309. The minimum absolute atomic E-state index is 0.174. The van der Waals surface area contributed by atoms with Gasteiger partial charge < -0.3 is 4.90 Å². The molecule has 0 aliphatic carbocycles. The van der Waals surface area contributed by atoms with Gasteiger partial charge in [0.15, 0.2) is 0 Å². The van der Waals surface area contributed by atoms with E-state index >= 15 is 0 Å². The van der Waals surface area contributed by atoms with Crippen molar-refractivity contribution >= 4 is 12.0 Å². The smallest absolute Gasteiger partial charge is 0.247 e. The quantitative estimate of drug-likeness (QED) is 0.581. The van der Waals surface area contributed by atoms with Crippen molar-refractivity contribution in [2.75, 3.05) is 6.54 Å². The Morgan fingerprint density at radius 2 is 1.77 bits per heavy atom. The van der Waals surface area contributed by atoms with Crippen molar-refractivity contribution in [1.29, 1.82) is 0 Å². The van der Waals surface area contributed by atoms with Gasteiger partial charge in [-0.25, -0.2) is 4.39 Å². The third-order valence-electron chi connectivity index (χ3n) is 3.20. The zero-order valence-corrected chi connectivity index (χ0v) is 12.3. The van der Waals surface area contributed by atoms with Crippen molar-refractivity contribution in [2.45, 2.75) is 6.54 Å². The highest BCUT2D eigenvalue weighted by Gasteiger charge is 2.12. The standard InChI is InChI=1S/C19H18FNO/c1-2-14-21(15-17-10-6-7-11-18(17)20)19(22)13-12-16-8-4-3-5-9-16/h2-13H,1,14-15H2/b13-12+. The van der Waals surface area contributed by atoms with Gasteiger partial charge in [0.2, 0.25) is 5.91 Å². The van der Waals surface area contributed by atoms with Crippen LogP contribution in [-0.4, -0.2) is 17.4 Å². The zero-order valence-electron chi connectivity index (χ0n) is 12.3. The number of nitrogens with zero attached hydrogens (tertiary/aromatic N) is 1. The summed E-state index contributed by atoms with van der Waals surface area (Å²) in [7, 11) is 0. The van der Waals surface area contributed by atoms with Crippen LogP contribution in [0.25, 0.3) is 6.08 Å². The number of carbonyl (C=O) groups excluding carboxylic acids is 1. The van der Waals surface area contributed by atoms with Gasteiger partial charge in [-0.05, 0) is 17.7 Å². The number of rotatable bonds is 6. The molecule has 0 saturated carbocycles. The topological polar surface area (TPSA) is 20.3 Å². The van der Waals surface area contributed by atoms with Gasteiger partial charge in [0.05, 0.1) is 0 Å². The van der Waals surface area contributed by atoms with E-state index in [1.54, 1.807) is 35.3 Å². The summed E-state index contributed by atoms with van der Waals surface area (Å²) in [6, 6.07) is 16.0. The Hall–Kier alpha value is -2.68. The molecular weight excluding hydrogens is 277 g/mol. The molecule has 0 spiro atoms. The molecule has 2 aromatic carbocycles. The van der Waals surface area contributed by atoms with Crippen LogP contribution in [-0.2, 0) is 11.3 Å². The summed E-state index contributed by atoms with van der Waals surface area (Å²) in [4.78, 5) is 13.8. The molecule has 0 aliphatic heterocycles. The third kappa shape index (κ3) is 4.42. The fraction of sp³-hybridized carbons (Fsp3) is 0.105. The average molecular weight is 295 g/mol. The summed E-state index contributed by atoms with van der Waals surface area (Å²) in [5, 5.41) is 0. The fourth-order valence-corrected chi connectivity index (χ4v) is 2.06. The molecule has 2 aromatic rings. The lowest BCUT2D eigenvalue weighted by Crippen LogP contribution is -2.29. The molecule has 0 saturated heterocycles. The van der Waals surface area contributed by atoms with E-state index in [9.17, 15) is 9.18 Å². The molecule has 0 aliphatic rings. The fourth-order valence-electron chi connectivity index (χ4n) is 2.06. The van der Waals surface area contributed by atoms with Crippen molar-refractivity contribution in [2.24, 2.45) is 0 Å². The largest absolute Gasteiger partial charge is 0.331 e. The van der Waals surface area contributed by atoms with E-state index in [-0.39, 0.29) is 18.3 Å². The third-order valence-corrected chi connectivity index (χ3v) is 3.20. The minimum Gasteiger partial charge on any atom is -0.331 e. The van der Waals surface area contributed by atoms with E-state index in [2.05, 4.69) is 6.58 Å². The highest BCUT2D eigenvalue weighted by atomic mass is 19.1. The van der Waals surface area contributed by atoms with E-state index in [0.29, 0.717) is 12.1 Å².